The van der Waals surface area contributed by atoms with E-state index < -0.39 is 0 Å². The first-order valence-corrected chi connectivity index (χ1v) is 3.20. The molecule has 2 N–H and O–H groups in total. The van der Waals surface area contributed by atoms with Crippen molar-refractivity contribution in [3.05, 3.63) is 0 Å². The van der Waals surface area contributed by atoms with Gasteiger partial charge in [-0.2, -0.15) is 0 Å². The van der Waals surface area contributed by atoms with Crippen molar-refractivity contribution in [1.29, 1.82) is 0 Å². The number of hydrogen-bond acceptors (Lipinski definition) is 3. The van der Waals surface area contributed by atoms with Gasteiger partial charge in [0.2, 0.25) is 0 Å². The van der Waals surface area contributed by atoms with Gasteiger partial charge < -0.3 is 14.9 Å². The standard InChI is InChI=1S/C6H12O3/c1-4(8)6-5(9-6)2-3-7/h4-8H,2-3H2,1H3. The predicted octanol–water partition coefficient (Wildman–Crippen LogP) is -0.483. The Morgan fingerprint density at radius 2 is 2.33 bits per heavy atom. The first kappa shape index (κ1) is 6.99. The van der Waals surface area contributed by atoms with Crippen LogP contribution in [0.1, 0.15) is 13.3 Å². The average molecular weight is 132 g/mol. The normalized spacial score (nSPS) is 36.3. The maximum absolute atomic E-state index is 8.88. The number of rotatable bonds is 3. The highest BCUT2D eigenvalue weighted by Gasteiger charge is 2.41. The molecule has 1 heterocycles. The Kier molecular flexibility index (Phi) is 2.05. The third-order valence-electron chi connectivity index (χ3n) is 1.51. The quantitative estimate of drug-likeness (QED) is 0.510. The first-order chi connectivity index (χ1) is 4.25. The van der Waals surface area contributed by atoms with Gasteiger partial charge >= 0.3 is 0 Å². The highest BCUT2D eigenvalue weighted by atomic mass is 16.6. The Hall–Kier alpha value is -0.120. The van der Waals surface area contributed by atoms with Gasteiger partial charge in [0, 0.05) is 6.61 Å². The summed E-state index contributed by atoms with van der Waals surface area (Å²) >= 11 is 0. The topological polar surface area (TPSA) is 53.0 Å². The minimum atomic E-state index is -0.387. The van der Waals surface area contributed by atoms with Crippen molar-refractivity contribution in [1.82, 2.24) is 0 Å². The average Bonchev–Trinajstić information content (AvgIpc) is 2.47. The molecule has 1 fully saturated rings. The van der Waals surface area contributed by atoms with Crippen molar-refractivity contribution in [2.24, 2.45) is 0 Å². The van der Waals surface area contributed by atoms with Crippen LogP contribution in [0.25, 0.3) is 0 Å². The maximum Gasteiger partial charge on any atom is 0.110 e. The lowest BCUT2D eigenvalue weighted by Gasteiger charge is -1.94. The van der Waals surface area contributed by atoms with Crippen LogP contribution in [0.3, 0.4) is 0 Å². The molecule has 0 aromatic rings. The summed E-state index contributed by atoms with van der Waals surface area (Å²) in [5.41, 5.74) is 0. The minimum absolute atomic E-state index is 0.0165. The molecule has 1 saturated heterocycles. The van der Waals surface area contributed by atoms with Gasteiger partial charge in [-0.1, -0.05) is 0 Å². The largest absolute Gasteiger partial charge is 0.396 e. The van der Waals surface area contributed by atoms with Crippen molar-refractivity contribution >= 4 is 0 Å². The Bertz CT molecular complexity index is 92.3. The molecule has 0 amide bonds. The molecule has 0 aliphatic carbocycles. The molecule has 1 rings (SSSR count). The molecule has 0 saturated carbocycles. The summed E-state index contributed by atoms with van der Waals surface area (Å²) in [6.07, 6.45) is 0.351. The van der Waals surface area contributed by atoms with Crippen molar-refractivity contribution < 1.29 is 14.9 Å². The fraction of sp³-hybridized carbons (Fsp3) is 1.00. The van der Waals surface area contributed by atoms with Crippen LogP contribution in [-0.2, 0) is 4.74 Å². The highest BCUT2D eigenvalue weighted by Crippen LogP contribution is 2.27. The molecule has 0 aromatic heterocycles. The summed E-state index contributed by atoms with van der Waals surface area (Å²) in [4.78, 5) is 0. The number of aliphatic hydroxyl groups is 2. The lowest BCUT2D eigenvalue weighted by molar-refractivity contribution is 0.152. The van der Waals surface area contributed by atoms with Gasteiger partial charge in [0.1, 0.15) is 6.10 Å². The molecule has 0 spiro atoms. The van der Waals surface area contributed by atoms with Crippen molar-refractivity contribution in [3.63, 3.8) is 0 Å². The van der Waals surface area contributed by atoms with Gasteiger partial charge in [0.15, 0.2) is 0 Å². The molecular formula is C6H12O3. The van der Waals surface area contributed by atoms with E-state index in [4.69, 9.17) is 14.9 Å². The summed E-state index contributed by atoms with van der Waals surface area (Å²) in [7, 11) is 0. The van der Waals surface area contributed by atoms with Gasteiger partial charge in [0.25, 0.3) is 0 Å². The van der Waals surface area contributed by atoms with E-state index in [2.05, 4.69) is 0 Å². The third kappa shape index (κ3) is 1.64. The summed E-state index contributed by atoms with van der Waals surface area (Å²) in [5.74, 6) is 0. The van der Waals surface area contributed by atoms with E-state index in [1.807, 2.05) is 0 Å². The first-order valence-electron chi connectivity index (χ1n) is 3.20. The zero-order chi connectivity index (χ0) is 6.85. The second-order valence-electron chi connectivity index (χ2n) is 2.39. The molecule has 1 aliphatic rings. The Morgan fingerprint density at radius 3 is 2.67 bits per heavy atom. The van der Waals surface area contributed by atoms with Crippen molar-refractivity contribution in [2.75, 3.05) is 6.61 Å². The number of ether oxygens (including phenoxy) is 1. The second-order valence-corrected chi connectivity index (χ2v) is 2.39. The molecule has 9 heavy (non-hydrogen) atoms. The van der Waals surface area contributed by atoms with Crippen LogP contribution in [0.15, 0.2) is 0 Å². The fourth-order valence-electron chi connectivity index (χ4n) is 0.940. The van der Waals surface area contributed by atoms with Crippen LogP contribution in [-0.4, -0.2) is 35.1 Å². The molecule has 3 heteroatoms. The molecule has 3 unspecified atom stereocenters. The Balaban J connectivity index is 2.09. The molecule has 54 valence electrons. The van der Waals surface area contributed by atoms with Crippen LogP contribution >= 0.6 is 0 Å². The van der Waals surface area contributed by atoms with E-state index in [-0.39, 0.29) is 24.9 Å². The third-order valence-corrected chi connectivity index (χ3v) is 1.51. The van der Waals surface area contributed by atoms with E-state index in [1.54, 1.807) is 6.92 Å². The zero-order valence-electron chi connectivity index (χ0n) is 5.45. The van der Waals surface area contributed by atoms with Gasteiger partial charge in [-0.25, -0.2) is 0 Å². The van der Waals surface area contributed by atoms with Crippen LogP contribution < -0.4 is 0 Å². The summed E-state index contributed by atoms with van der Waals surface area (Å²) in [6.45, 7) is 1.84. The maximum atomic E-state index is 8.88. The van der Waals surface area contributed by atoms with E-state index >= 15 is 0 Å². The van der Waals surface area contributed by atoms with E-state index in [9.17, 15) is 0 Å². The van der Waals surface area contributed by atoms with Gasteiger partial charge in [-0.05, 0) is 13.3 Å². The van der Waals surface area contributed by atoms with Crippen molar-refractivity contribution in [3.8, 4) is 0 Å². The van der Waals surface area contributed by atoms with Crippen LogP contribution in [0.2, 0.25) is 0 Å². The Morgan fingerprint density at radius 1 is 1.67 bits per heavy atom. The van der Waals surface area contributed by atoms with E-state index in [1.165, 1.54) is 0 Å². The summed E-state index contributed by atoms with van der Waals surface area (Å²) < 4.78 is 5.01. The molecule has 0 aromatic carbocycles. The Labute approximate surface area is 54.3 Å². The van der Waals surface area contributed by atoms with Crippen LogP contribution in [0, 0.1) is 0 Å². The summed E-state index contributed by atoms with van der Waals surface area (Å²) in [5, 5.41) is 17.3. The molecule has 1 aliphatic heterocycles. The number of hydrogen-bond donors (Lipinski definition) is 2. The summed E-state index contributed by atoms with van der Waals surface area (Å²) in [6, 6.07) is 0. The lowest BCUT2D eigenvalue weighted by Crippen LogP contribution is -2.12. The van der Waals surface area contributed by atoms with E-state index in [0.717, 1.165) is 0 Å². The van der Waals surface area contributed by atoms with Gasteiger partial charge in [0.05, 0.1) is 12.2 Å². The molecule has 3 nitrogen and oxygen atoms in total. The van der Waals surface area contributed by atoms with Crippen LogP contribution in [0.5, 0.6) is 0 Å². The van der Waals surface area contributed by atoms with Gasteiger partial charge in [-0.15, -0.1) is 0 Å². The van der Waals surface area contributed by atoms with Gasteiger partial charge in [-0.3, -0.25) is 0 Å². The fourth-order valence-corrected chi connectivity index (χ4v) is 0.940. The molecule has 3 atom stereocenters. The van der Waals surface area contributed by atoms with Crippen molar-refractivity contribution in [2.45, 2.75) is 31.7 Å². The minimum Gasteiger partial charge on any atom is -0.396 e. The SMILES string of the molecule is CC(O)C1OC1CCO. The zero-order valence-corrected chi connectivity index (χ0v) is 5.45. The number of aliphatic hydroxyl groups excluding tert-OH is 2. The smallest absolute Gasteiger partial charge is 0.110 e. The van der Waals surface area contributed by atoms with E-state index in [0.29, 0.717) is 6.42 Å². The predicted molar refractivity (Wildman–Crippen MR) is 32.0 cm³/mol. The second kappa shape index (κ2) is 2.64. The van der Waals surface area contributed by atoms with Crippen LogP contribution in [0.4, 0.5) is 0 Å². The molecule has 0 radical (unpaired) electrons. The number of epoxide rings is 1. The molecular weight excluding hydrogens is 120 g/mol. The lowest BCUT2D eigenvalue weighted by atomic mass is 10.2. The molecule has 0 bridgehead atoms. The highest BCUT2D eigenvalue weighted by molar-refractivity contribution is 4.88. The monoisotopic (exact) mass is 132 g/mol.